The first kappa shape index (κ1) is 10.9. The lowest BCUT2D eigenvalue weighted by Crippen LogP contribution is -2.08. The summed E-state index contributed by atoms with van der Waals surface area (Å²) in [6.07, 6.45) is 4.45. The van der Waals surface area contributed by atoms with E-state index in [9.17, 15) is 4.79 Å². The molecule has 0 aliphatic heterocycles. The Hall–Kier alpha value is -2.57. The van der Waals surface area contributed by atoms with Crippen LogP contribution >= 0.6 is 0 Å². The maximum atomic E-state index is 10.7. The second-order valence-corrected chi connectivity index (χ2v) is 3.12. The zero-order valence-electron chi connectivity index (χ0n) is 8.74. The number of anilines is 1. The molecule has 2 N–H and O–H groups in total. The number of carboxylic acid groups (broad SMARTS) is 1. The molecule has 0 saturated heterocycles. The molecular weight excluding hydrogens is 222 g/mol. The van der Waals surface area contributed by atoms with Crippen LogP contribution in [-0.2, 0) is 6.54 Å². The summed E-state index contributed by atoms with van der Waals surface area (Å²) in [5.74, 6) is -0.832. The van der Waals surface area contributed by atoms with Gasteiger partial charge in [0.1, 0.15) is 6.33 Å². The molecule has 0 unspecified atom stereocenters. The van der Waals surface area contributed by atoms with E-state index in [0.29, 0.717) is 6.54 Å². The van der Waals surface area contributed by atoms with E-state index in [1.54, 1.807) is 12.3 Å². The van der Waals surface area contributed by atoms with Gasteiger partial charge in [0.15, 0.2) is 5.69 Å². The van der Waals surface area contributed by atoms with Gasteiger partial charge in [0.05, 0.1) is 12.2 Å². The fourth-order valence-electron chi connectivity index (χ4n) is 1.16. The Morgan fingerprint density at radius 3 is 2.88 bits per heavy atom. The summed E-state index contributed by atoms with van der Waals surface area (Å²) >= 11 is 0. The molecule has 2 heterocycles. The van der Waals surface area contributed by atoms with Gasteiger partial charge in [-0.3, -0.25) is 0 Å². The standard InChI is InChI=1S/C10H9N5O2/c16-9(17)8-2-4-12-10(15-8)13-5-7-1-3-11-6-14-7/h1-4,6H,5H2,(H,16,17)(H,12,13,15). The Bertz CT molecular complexity index is 517. The minimum absolute atomic E-state index is 0.0508. The normalized spacial score (nSPS) is 9.88. The summed E-state index contributed by atoms with van der Waals surface area (Å²) in [5.41, 5.74) is 0.717. The molecule has 2 rings (SSSR count). The average Bonchev–Trinajstić information content (AvgIpc) is 2.38. The molecule has 0 fully saturated rings. The molecule has 0 atom stereocenters. The molecule has 7 nitrogen and oxygen atoms in total. The Morgan fingerprint density at radius 2 is 2.18 bits per heavy atom. The lowest BCUT2D eigenvalue weighted by atomic mass is 10.4. The Kier molecular flexibility index (Phi) is 3.20. The third kappa shape index (κ3) is 2.94. The van der Waals surface area contributed by atoms with Crippen LogP contribution in [0.5, 0.6) is 0 Å². The van der Waals surface area contributed by atoms with Crippen molar-refractivity contribution in [1.29, 1.82) is 0 Å². The van der Waals surface area contributed by atoms with Crippen LogP contribution in [-0.4, -0.2) is 31.0 Å². The van der Waals surface area contributed by atoms with Gasteiger partial charge < -0.3 is 10.4 Å². The minimum atomic E-state index is -1.09. The van der Waals surface area contributed by atoms with E-state index in [-0.39, 0.29) is 11.6 Å². The summed E-state index contributed by atoms with van der Waals surface area (Å²) < 4.78 is 0. The monoisotopic (exact) mass is 231 g/mol. The van der Waals surface area contributed by atoms with Crippen molar-refractivity contribution in [2.24, 2.45) is 0 Å². The van der Waals surface area contributed by atoms with Crippen molar-refractivity contribution in [2.45, 2.75) is 6.54 Å². The molecular formula is C10H9N5O2. The number of carboxylic acids is 1. The summed E-state index contributed by atoms with van der Waals surface area (Å²) in [4.78, 5) is 26.2. The van der Waals surface area contributed by atoms with Gasteiger partial charge in [-0.25, -0.2) is 24.7 Å². The molecule has 86 valence electrons. The van der Waals surface area contributed by atoms with Gasteiger partial charge in [0.25, 0.3) is 0 Å². The SMILES string of the molecule is O=C(O)c1ccnc(NCc2ccncn2)n1. The molecule has 7 heteroatoms. The van der Waals surface area contributed by atoms with Gasteiger partial charge in [-0.2, -0.15) is 0 Å². The van der Waals surface area contributed by atoms with E-state index < -0.39 is 5.97 Å². The van der Waals surface area contributed by atoms with Crippen LogP contribution in [0.1, 0.15) is 16.2 Å². The van der Waals surface area contributed by atoms with Crippen molar-refractivity contribution in [1.82, 2.24) is 19.9 Å². The zero-order chi connectivity index (χ0) is 12.1. The van der Waals surface area contributed by atoms with Crippen molar-refractivity contribution in [3.8, 4) is 0 Å². The Labute approximate surface area is 96.6 Å². The largest absolute Gasteiger partial charge is 0.477 e. The highest BCUT2D eigenvalue weighted by Crippen LogP contribution is 2.02. The van der Waals surface area contributed by atoms with Gasteiger partial charge in [0.2, 0.25) is 5.95 Å². The number of nitrogens with one attached hydrogen (secondary N) is 1. The number of carbonyl (C=O) groups is 1. The van der Waals surface area contributed by atoms with E-state index in [1.165, 1.54) is 18.6 Å². The molecule has 0 radical (unpaired) electrons. The third-order valence-corrected chi connectivity index (χ3v) is 1.95. The van der Waals surface area contributed by atoms with Crippen LogP contribution in [0, 0.1) is 0 Å². The van der Waals surface area contributed by atoms with Gasteiger partial charge in [-0.15, -0.1) is 0 Å². The fourth-order valence-corrected chi connectivity index (χ4v) is 1.16. The average molecular weight is 231 g/mol. The summed E-state index contributed by atoms with van der Waals surface area (Å²) in [7, 11) is 0. The van der Waals surface area contributed by atoms with Gasteiger partial charge >= 0.3 is 5.97 Å². The molecule has 2 aromatic rings. The molecule has 0 aromatic carbocycles. The molecule has 2 aromatic heterocycles. The summed E-state index contributed by atoms with van der Waals surface area (Å²) in [6.45, 7) is 0.408. The summed E-state index contributed by atoms with van der Waals surface area (Å²) in [5, 5.41) is 11.6. The van der Waals surface area contributed by atoms with Crippen LogP contribution in [0.4, 0.5) is 5.95 Å². The second-order valence-electron chi connectivity index (χ2n) is 3.12. The van der Waals surface area contributed by atoms with E-state index in [0.717, 1.165) is 5.69 Å². The zero-order valence-corrected chi connectivity index (χ0v) is 8.74. The first-order valence-corrected chi connectivity index (χ1v) is 4.81. The molecule has 0 spiro atoms. The summed E-state index contributed by atoms with van der Waals surface area (Å²) in [6, 6.07) is 3.08. The number of aromatic carboxylic acids is 1. The van der Waals surface area contributed by atoms with Gasteiger partial charge in [0, 0.05) is 12.4 Å². The van der Waals surface area contributed by atoms with Crippen LogP contribution in [0.2, 0.25) is 0 Å². The highest BCUT2D eigenvalue weighted by molar-refractivity contribution is 5.85. The molecule has 17 heavy (non-hydrogen) atoms. The number of aromatic nitrogens is 4. The van der Waals surface area contributed by atoms with Gasteiger partial charge in [-0.05, 0) is 12.1 Å². The first-order valence-electron chi connectivity index (χ1n) is 4.81. The van der Waals surface area contributed by atoms with Crippen LogP contribution in [0.3, 0.4) is 0 Å². The smallest absolute Gasteiger partial charge is 0.354 e. The van der Waals surface area contributed by atoms with E-state index in [4.69, 9.17) is 5.11 Å². The van der Waals surface area contributed by atoms with Gasteiger partial charge in [-0.1, -0.05) is 0 Å². The topological polar surface area (TPSA) is 101 Å². The third-order valence-electron chi connectivity index (χ3n) is 1.95. The van der Waals surface area contributed by atoms with Crippen molar-refractivity contribution in [2.75, 3.05) is 5.32 Å². The molecule has 0 amide bonds. The minimum Gasteiger partial charge on any atom is -0.477 e. The highest BCUT2D eigenvalue weighted by atomic mass is 16.4. The lowest BCUT2D eigenvalue weighted by Gasteiger charge is -2.03. The van der Waals surface area contributed by atoms with Crippen molar-refractivity contribution in [3.05, 3.63) is 42.2 Å². The second kappa shape index (κ2) is 4.97. The first-order chi connectivity index (χ1) is 8.25. The predicted octanol–water partition coefficient (Wildman–Crippen LogP) is 0.577. The molecule has 0 saturated carbocycles. The van der Waals surface area contributed by atoms with Crippen molar-refractivity contribution >= 4 is 11.9 Å². The highest BCUT2D eigenvalue weighted by Gasteiger charge is 2.05. The molecule has 0 bridgehead atoms. The predicted molar refractivity (Wildman–Crippen MR) is 58.4 cm³/mol. The quantitative estimate of drug-likeness (QED) is 0.793. The van der Waals surface area contributed by atoms with E-state index in [1.807, 2.05) is 0 Å². The number of nitrogens with zero attached hydrogens (tertiary/aromatic N) is 4. The van der Waals surface area contributed by atoms with Crippen molar-refractivity contribution < 1.29 is 9.90 Å². The maximum Gasteiger partial charge on any atom is 0.354 e. The van der Waals surface area contributed by atoms with Crippen LogP contribution in [0.15, 0.2) is 30.9 Å². The lowest BCUT2D eigenvalue weighted by molar-refractivity contribution is 0.0690. The van der Waals surface area contributed by atoms with E-state index >= 15 is 0 Å². The Balaban J connectivity index is 2.04. The van der Waals surface area contributed by atoms with Crippen LogP contribution < -0.4 is 5.32 Å². The number of hydrogen-bond acceptors (Lipinski definition) is 6. The number of rotatable bonds is 4. The molecule has 0 aliphatic rings. The molecule has 0 aliphatic carbocycles. The fraction of sp³-hybridized carbons (Fsp3) is 0.100. The van der Waals surface area contributed by atoms with Crippen LogP contribution in [0.25, 0.3) is 0 Å². The van der Waals surface area contributed by atoms with Crippen molar-refractivity contribution in [3.63, 3.8) is 0 Å². The maximum absolute atomic E-state index is 10.7. The number of hydrogen-bond donors (Lipinski definition) is 2. The van der Waals surface area contributed by atoms with E-state index in [2.05, 4.69) is 25.3 Å². The Morgan fingerprint density at radius 1 is 1.29 bits per heavy atom.